The van der Waals surface area contributed by atoms with Crippen molar-refractivity contribution in [3.63, 3.8) is 0 Å². The number of piperazine rings is 1. The molecule has 0 spiro atoms. The third kappa shape index (κ3) is 2.58. The van der Waals surface area contributed by atoms with Crippen molar-refractivity contribution >= 4 is 17.6 Å². The van der Waals surface area contributed by atoms with Crippen molar-refractivity contribution in [1.29, 1.82) is 0 Å². The molecule has 1 unspecified atom stereocenters. The number of pyridine rings is 1. The van der Waals surface area contributed by atoms with Gasteiger partial charge in [-0.15, -0.1) is 0 Å². The molecule has 6 heteroatoms. The lowest BCUT2D eigenvalue weighted by atomic mass is 10.1. The number of imide groups is 1. The van der Waals surface area contributed by atoms with E-state index in [9.17, 15) is 14.7 Å². The van der Waals surface area contributed by atoms with Crippen molar-refractivity contribution in [3.8, 4) is 0 Å². The van der Waals surface area contributed by atoms with Crippen LogP contribution in [0.3, 0.4) is 0 Å². The molecule has 0 bridgehead atoms. The third-order valence-corrected chi connectivity index (χ3v) is 3.18. The van der Waals surface area contributed by atoms with Crippen LogP contribution in [0.25, 0.3) is 0 Å². The second-order valence-corrected chi connectivity index (χ2v) is 4.56. The molecule has 2 rings (SSSR count). The first-order valence-corrected chi connectivity index (χ1v) is 6.28. The zero-order valence-electron chi connectivity index (χ0n) is 11.0. The van der Waals surface area contributed by atoms with E-state index in [0.717, 1.165) is 0 Å². The standard InChI is InChI=1S/C13H17N3O3/c1-3-10-13(19)15-11(18)7-16(10)12-9(8(2)17)5-4-6-14-12/h4-6,8,10,17H,3,7H2,1-2H3,(H,15,18,19)/t8-,10?/m1/s1. The van der Waals surface area contributed by atoms with Gasteiger partial charge in [-0.25, -0.2) is 4.98 Å². The van der Waals surface area contributed by atoms with Gasteiger partial charge in [-0.05, 0) is 19.4 Å². The number of carbonyl (C=O) groups is 2. The molecule has 0 radical (unpaired) electrons. The Labute approximate surface area is 111 Å². The van der Waals surface area contributed by atoms with Crippen LogP contribution in [0.15, 0.2) is 18.3 Å². The van der Waals surface area contributed by atoms with Crippen molar-refractivity contribution in [2.45, 2.75) is 32.4 Å². The van der Waals surface area contributed by atoms with Gasteiger partial charge in [0.2, 0.25) is 11.8 Å². The van der Waals surface area contributed by atoms with Crippen LogP contribution in [-0.4, -0.2) is 34.5 Å². The fourth-order valence-corrected chi connectivity index (χ4v) is 2.27. The van der Waals surface area contributed by atoms with Crippen LogP contribution in [0.2, 0.25) is 0 Å². The topological polar surface area (TPSA) is 82.5 Å². The molecule has 0 saturated carbocycles. The lowest BCUT2D eigenvalue weighted by Gasteiger charge is -2.35. The van der Waals surface area contributed by atoms with Gasteiger partial charge in [-0.2, -0.15) is 0 Å². The summed E-state index contributed by atoms with van der Waals surface area (Å²) in [6.07, 6.45) is 1.45. The molecule has 19 heavy (non-hydrogen) atoms. The number of amides is 2. The monoisotopic (exact) mass is 263 g/mol. The van der Waals surface area contributed by atoms with Crippen LogP contribution in [0.1, 0.15) is 31.9 Å². The van der Waals surface area contributed by atoms with E-state index < -0.39 is 12.1 Å². The lowest BCUT2D eigenvalue weighted by Crippen LogP contribution is -2.58. The Morgan fingerprint density at radius 1 is 1.58 bits per heavy atom. The molecule has 1 fully saturated rings. The fraction of sp³-hybridized carbons (Fsp3) is 0.462. The second-order valence-electron chi connectivity index (χ2n) is 4.56. The van der Waals surface area contributed by atoms with E-state index in [0.29, 0.717) is 17.8 Å². The predicted octanol–water partition coefficient (Wildman–Crippen LogP) is 0.376. The van der Waals surface area contributed by atoms with E-state index >= 15 is 0 Å². The number of nitrogens with zero attached hydrogens (tertiary/aromatic N) is 2. The molecule has 1 saturated heterocycles. The average molecular weight is 263 g/mol. The fourth-order valence-electron chi connectivity index (χ4n) is 2.27. The summed E-state index contributed by atoms with van der Waals surface area (Å²) in [6, 6.07) is 3.03. The first-order valence-electron chi connectivity index (χ1n) is 6.28. The number of carbonyl (C=O) groups excluding carboxylic acids is 2. The Morgan fingerprint density at radius 2 is 2.32 bits per heavy atom. The molecule has 0 aromatic carbocycles. The first-order chi connectivity index (χ1) is 9.04. The van der Waals surface area contributed by atoms with Crippen molar-refractivity contribution < 1.29 is 14.7 Å². The Morgan fingerprint density at radius 3 is 2.95 bits per heavy atom. The third-order valence-electron chi connectivity index (χ3n) is 3.18. The summed E-state index contributed by atoms with van der Waals surface area (Å²) >= 11 is 0. The van der Waals surface area contributed by atoms with Gasteiger partial charge in [-0.1, -0.05) is 13.0 Å². The molecule has 1 aliphatic rings. The molecular formula is C13H17N3O3. The molecule has 1 aromatic rings. The second kappa shape index (κ2) is 5.36. The number of hydrogen-bond donors (Lipinski definition) is 2. The quantitative estimate of drug-likeness (QED) is 0.770. The van der Waals surface area contributed by atoms with Crippen molar-refractivity contribution in [3.05, 3.63) is 23.9 Å². The van der Waals surface area contributed by atoms with E-state index in [-0.39, 0.29) is 18.4 Å². The minimum Gasteiger partial charge on any atom is -0.389 e. The summed E-state index contributed by atoms with van der Waals surface area (Å²) in [7, 11) is 0. The maximum Gasteiger partial charge on any atom is 0.249 e. The van der Waals surface area contributed by atoms with Crippen LogP contribution in [-0.2, 0) is 9.59 Å². The summed E-state index contributed by atoms with van der Waals surface area (Å²) in [6.45, 7) is 3.58. The van der Waals surface area contributed by atoms with Gasteiger partial charge in [0, 0.05) is 11.8 Å². The molecule has 102 valence electrons. The number of anilines is 1. The van der Waals surface area contributed by atoms with Gasteiger partial charge in [0.25, 0.3) is 0 Å². The van der Waals surface area contributed by atoms with Crippen molar-refractivity contribution in [1.82, 2.24) is 10.3 Å². The van der Waals surface area contributed by atoms with Gasteiger partial charge >= 0.3 is 0 Å². The number of aliphatic hydroxyl groups excluding tert-OH is 1. The summed E-state index contributed by atoms with van der Waals surface area (Å²) in [5.41, 5.74) is 0.614. The molecule has 2 atom stereocenters. The van der Waals surface area contributed by atoms with Gasteiger partial charge in [-0.3, -0.25) is 14.9 Å². The van der Waals surface area contributed by atoms with E-state index in [1.54, 1.807) is 30.2 Å². The highest BCUT2D eigenvalue weighted by Crippen LogP contribution is 2.27. The number of aromatic nitrogens is 1. The van der Waals surface area contributed by atoms with E-state index in [1.165, 1.54) is 0 Å². The van der Waals surface area contributed by atoms with E-state index in [4.69, 9.17) is 0 Å². The normalized spacial score (nSPS) is 21.2. The smallest absolute Gasteiger partial charge is 0.249 e. The Kier molecular flexibility index (Phi) is 3.80. The number of hydrogen-bond acceptors (Lipinski definition) is 5. The molecule has 0 aliphatic carbocycles. The summed E-state index contributed by atoms with van der Waals surface area (Å²) < 4.78 is 0. The molecule has 2 heterocycles. The molecular weight excluding hydrogens is 246 g/mol. The SMILES string of the molecule is CCC1C(=O)NC(=O)CN1c1ncccc1[C@@H](C)O. The van der Waals surface area contributed by atoms with Crippen LogP contribution in [0, 0.1) is 0 Å². The highest BCUT2D eigenvalue weighted by molar-refractivity contribution is 6.04. The predicted molar refractivity (Wildman–Crippen MR) is 69.4 cm³/mol. The summed E-state index contributed by atoms with van der Waals surface area (Å²) in [4.78, 5) is 29.3. The summed E-state index contributed by atoms with van der Waals surface area (Å²) in [5.74, 6) is -0.176. The van der Waals surface area contributed by atoms with Gasteiger partial charge < -0.3 is 10.0 Å². The summed E-state index contributed by atoms with van der Waals surface area (Å²) in [5, 5.41) is 12.1. The molecule has 2 amide bonds. The highest BCUT2D eigenvalue weighted by Gasteiger charge is 2.34. The van der Waals surface area contributed by atoms with E-state index in [1.807, 2.05) is 6.92 Å². The number of rotatable bonds is 3. The van der Waals surface area contributed by atoms with Gasteiger partial charge in [0.15, 0.2) is 0 Å². The largest absolute Gasteiger partial charge is 0.389 e. The van der Waals surface area contributed by atoms with Crippen molar-refractivity contribution in [2.24, 2.45) is 0 Å². The van der Waals surface area contributed by atoms with Crippen molar-refractivity contribution in [2.75, 3.05) is 11.4 Å². The molecule has 1 aliphatic heterocycles. The number of aliphatic hydroxyl groups is 1. The van der Waals surface area contributed by atoms with E-state index in [2.05, 4.69) is 10.3 Å². The molecule has 2 N–H and O–H groups in total. The maximum absolute atomic E-state index is 11.8. The highest BCUT2D eigenvalue weighted by atomic mass is 16.3. The van der Waals surface area contributed by atoms with Crippen LogP contribution >= 0.6 is 0 Å². The minimum absolute atomic E-state index is 0.0704. The Hall–Kier alpha value is -1.95. The number of nitrogens with one attached hydrogen (secondary N) is 1. The van der Waals surface area contributed by atoms with Gasteiger partial charge in [0.1, 0.15) is 11.9 Å². The lowest BCUT2D eigenvalue weighted by molar-refractivity contribution is -0.133. The molecule has 6 nitrogen and oxygen atoms in total. The Bertz CT molecular complexity index is 502. The van der Waals surface area contributed by atoms with Gasteiger partial charge in [0.05, 0.1) is 12.6 Å². The maximum atomic E-state index is 11.8. The zero-order valence-corrected chi connectivity index (χ0v) is 11.0. The first kappa shape index (κ1) is 13.5. The van der Waals surface area contributed by atoms with Crippen LogP contribution < -0.4 is 10.2 Å². The van der Waals surface area contributed by atoms with Crippen LogP contribution in [0.4, 0.5) is 5.82 Å². The zero-order chi connectivity index (χ0) is 14.0. The average Bonchev–Trinajstić information content (AvgIpc) is 2.37. The van der Waals surface area contributed by atoms with Crippen LogP contribution in [0.5, 0.6) is 0 Å². The Balaban J connectivity index is 2.43. The minimum atomic E-state index is -0.707. The molecule has 1 aromatic heterocycles.